The van der Waals surface area contributed by atoms with Gasteiger partial charge >= 0.3 is 0 Å². The minimum atomic E-state index is 0.308. The molecule has 1 aromatic rings. The van der Waals surface area contributed by atoms with Gasteiger partial charge in [-0.05, 0) is 36.9 Å². The van der Waals surface area contributed by atoms with Crippen molar-refractivity contribution < 1.29 is 5.11 Å². The Balaban J connectivity index is 2.13. The van der Waals surface area contributed by atoms with Crippen LogP contribution in [0.5, 0.6) is 0 Å². The van der Waals surface area contributed by atoms with Crippen LogP contribution >= 0.6 is 15.9 Å². The number of halogens is 1. The molecule has 15 heavy (non-hydrogen) atoms. The van der Waals surface area contributed by atoms with Crippen molar-refractivity contribution in [1.82, 2.24) is 5.32 Å². The monoisotopic (exact) mass is 269 g/mol. The van der Waals surface area contributed by atoms with E-state index in [1.54, 1.807) is 0 Å². The van der Waals surface area contributed by atoms with Crippen LogP contribution in [-0.4, -0.2) is 18.3 Å². The zero-order chi connectivity index (χ0) is 10.7. The van der Waals surface area contributed by atoms with Gasteiger partial charge in [-0.2, -0.15) is 0 Å². The van der Waals surface area contributed by atoms with Crippen molar-refractivity contribution in [2.24, 2.45) is 5.92 Å². The van der Waals surface area contributed by atoms with E-state index in [0.717, 1.165) is 23.9 Å². The normalized spacial score (nSPS) is 26.5. The first-order valence-electron chi connectivity index (χ1n) is 5.40. The van der Waals surface area contributed by atoms with E-state index >= 15 is 0 Å². The van der Waals surface area contributed by atoms with Crippen LogP contribution in [0.25, 0.3) is 0 Å². The Morgan fingerprint density at radius 3 is 2.93 bits per heavy atom. The first-order valence-corrected chi connectivity index (χ1v) is 6.19. The maximum absolute atomic E-state index is 9.19. The Morgan fingerprint density at radius 2 is 2.20 bits per heavy atom. The minimum absolute atomic E-state index is 0.308. The summed E-state index contributed by atoms with van der Waals surface area (Å²) in [6, 6.07) is 8.68. The van der Waals surface area contributed by atoms with E-state index in [1.165, 1.54) is 5.56 Å². The van der Waals surface area contributed by atoms with E-state index in [0.29, 0.717) is 18.6 Å². The Hall–Kier alpha value is -0.380. The lowest BCUT2D eigenvalue weighted by atomic mass is 9.89. The lowest BCUT2D eigenvalue weighted by molar-refractivity contribution is 0.176. The van der Waals surface area contributed by atoms with Gasteiger partial charge < -0.3 is 10.4 Å². The fourth-order valence-electron chi connectivity index (χ4n) is 2.16. The zero-order valence-corrected chi connectivity index (χ0v) is 10.2. The molecule has 2 rings (SSSR count). The lowest BCUT2D eigenvalue weighted by Crippen LogP contribution is -2.33. The predicted octanol–water partition coefficient (Wildman–Crippen LogP) is 2.48. The van der Waals surface area contributed by atoms with Crippen LogP contribution in [0.1, 0.15) is 24.4 Å². The highest BCUT2D eigenvalue weighted by atomic mass is 79.9. The summed E-state index contributed by atoms with van der Waals surface area (Å²) in [7, 11) is 0. The molecule has 3 heteroatoms. The second-order valence-corrected chi connectivity index (χ2v) is 4.96. The third-order valence-electron chi connectivity index (χ3n) is 3.05. The molecular weight excluding hydrogens is 254 g/mol. The van der Waals surface area contributed by atoms with Gasteiger partial charge in [0.1, 0.15) is 0 Å². The molecular formula is C12H16BrNO. The van der Waals surface area contributed by atoms with Crippen molar-refractivity contribution >= 4 is 15.9 Å². The molecule has 1 aliphatic rings. The lowest BCUT2D eigenvalue weighted by Gasteiger charge is -2.30. The molecule has 1 aliphatic heterocycles. The third-order valence-corrected chi connectivity index (χ3v) is 3.77. The summed E-state index contributed by atoms with van der Waals surface area (Å²) < 4.78 is 1.15. The molecule has 1 heterocycles. The molecule has 2 nitrogen and oxygen atoms in total. The average Bonchev–Trinajstić information content (AvgIpc) is 2.30. The zero-order valence-electron chi connectivity index (χ0n) is 8.62. The number of nitrogens with one attached hydrogen (secondary N) is 1. The highest BCUT2D eigenvalue weighted by Gasteiger charge is 2.23. The summed E-state index contributed by atoms with van der Waals surface area (Å²) in [4.78, 5) is 0. The molecule has 0 spiro atoms. The number of hydrogen-bond acceptors (Lipinski definition) is 2. The summed E-state index contributed by atoms with van der Waals surface area (Å²) in [6.07, 6.45) is 2.11. The molecule has 1 saturated heterocycles. The van der Waals surface area contributed by atoms with Gasteiger partial charge in [0.15, 0.2) is 0 Å². The quantitative estimate of drug-likeness (QED) is 0.865. The molecule has 1 fully saturated rings. The van der Waals surface area contributed by atoms with Crippen molar-refractivity contribution in [3.63, 3.8) is 0 Å². The molecule has 0 aromatic heterocycles. The van der Waals surface area contributed by atoms with Crippen molar-refractivity contribution in [3.8, 4) is 0 Å². The molecule has 2 atom stereocenters. The SMILES string of the molecule is OCC1CCNC(c2ccccc2Br)C1. The van der Waals surface area contributed by atoms with E-state index in [4.69, 9.17) is 0 Å². The maximum atomic E-state index is 9.19. The van der Waals surface area contributed by atoms with Gasteiger partial charge in [0, 0.05) is 17.1 Å². The Bertz CT molecular complexity index is 329. The number of aliphatic hydroxyl groups excluding tert-OH is 1. The third kappa shape index (κ3) is 2.60. The number of benzene rings is 1. The van der Waals surface area contributed by atoms with Crippen molar-refractivity contribution in [2.75, 3.05) is 13.2 Å². The van der Waals surface area contributed by atoms with Crippen LogP contribution in [0, 0.1) is 5.92 Å². The molecule has 2 N–H and O–H groups in total. The molecule has 0 amide bonds. The van der Waals surface area contributed by atoms with Gasteiger partial charge in [-0.15, -0.1) is 0 Å². The van der Waals surface area contributed by atoms with Crippen LogP contribution in [0.3, 0.4) is 0 Å². The highest BCUT2D eigenvalue weighted by Crippen LogP contribution is 2.31. The van der Waals surface area contributed by atoms with E-state index in [1.807, 2.05) is 6.07 Å². The fraction of sp³-hybridized carbons (Fsp3) is 0.500. The summed E-state index contributed by atoms with van der Waals surface area (Å²) in [5.74, 6) is 0.448. The van der Waals surface area contributed by atoms with Crippen LogP contribution in [0.15, 0.2) is 28.7 Å². The number of rotatable bonds is 2. The Labute approximate surface area is 98.8 Å². The summed E-state index contributed by atoms with van der Waals surface area (Å²) in [5.41, 5.74) is 1.30. The van der Waals surface area contributed by atoms with Crippen molar-refractivity contribution in [1.29, 1.82) is 0 Å². The van der Waals surface area contributed by atoms with Gasteiger partial charge in [-0.25, -0.2) is 0 Å². The molecule has 82 valence electrons. The van der Waals surface area contributed by atoms with Crippen LogP contribution in [0.2, 0.25) is 0 Å². The molecule has 0 bridgehead atoms. The van der Waals surface area contributed by atoms with E-state index in [2.05, 4.69) is 39.4 Å². The standard InChI is InChI=1S/C12H16BrNO/c13-11-4-2-1-3-10(11)12-7-9(8-15)5-6-14-12/h1-4,9,12,14-15H,5-8H2. The van der Waals surface area contributed by atoms with Gasteiger partial charge in [-0.3, -0.25) is 0 Å². The Morgan fingerprint density at radius 1 is 1.40 bits per heavy atom. The van der Waals surface area contributed by atoms with E-state index < -0.39 is 0 Å². The topological polar surface area (TPSA) is 32.3 Å². The minimum Gasteiger partial charge on any atom is -0.396 e. The van der Waals surface area contributed by atoms with Gasteiger partial charge in [0.2, 0.25) is 0 Å². The second kappa shape index (κ2) is 5.10. The summed E-state index contributed by atoms with van der Waals surface area (Å²) in [5, 5.41) is 12.7. The number of hydrogen-bond donors (Lipinski definition) is 2. The number of aliphatic hydroxyl groups is 1. The Kier molecular flexibility index (Phi) is 3.78. The average molecular weight is 270 g/mol. The van der Waals surface area contributed by atoms with Gasteiger partial charge in [0.05, 0.1) is 0 Å². The predicted molar refractivity (Wildman–Crippen MR) is 64.7 cm³/mol. The first-order chi connectivity index (χ1) is 7.31. The molecule has 2 unspecified atom stereocenters. The molecule has 0 saturated carbocycles. The summed E-state index contributed by atoms with van der Waals surface area (Å²) in [6.45, 7) is 1.31. The van der Waals surface area contributed by atoms with Gasteiger partial charge in [-0.1, -0.05) is 34.1 Å². The second-order valence-electron chi connectivity index (χ2n) is 4.10. The number of piperidine rings is 1. The van der Waals surface area contributed by atoms with Crippen molar-refractivity contribution in [3.05, 3.63) is 34.3 Å². The van der Waals surface area contributed by atoms with E-state index in [-0.39, 0.29) is 0 Å². The van der Waals surface area contributed by atoms with Crippen LogP contribution in [-0.2, 0) is 0 Å². The van der Waals surface area contributed by atoms with Gasteiger partial charge in [0.25, 0.3) is 0 Å². The maximum Gasteiger partial charge on any atom is 0.0460 e. The fourth-order valence-corrected chi connectivity index (χ4v) is 2.72. The molecule has 0 aliphatic carbocycles. The van der Waals surface area contributed by atoms with Crippen LogP contribution in [0.4, 0.5) is 0 Å². The molecule has 0 radical (unpaired) electrons. The first kappa shape index (κ1) is 11.1. The van der Waals surface area contributed by atoms with Crippen molar-refractivity contribution in [2.45, 2.75) is 18.9 Å². The highest BCUT2D eigenvalue weighted by molar-refractivity contribution is 9.10. The smallest absolute Gasteiger partial charge is 0.0460 e. The van der Waals surface area contributed by atoms with Crippen LogP contribution < -0.4 is 5.32 Å². The molecule has 1 aromatic carbocycles. The van der Waals surface area contributed by atoms with E-state index in [9.17, 15) is 5.11 Å². The summed E-state index contributed by atoms with van der Waals surface area (Å²) >= 11 is 3.57. The largest absolute Gasteiger partial charge is 0.396 e.